The molecule has 0 heterocycles. The molecule has 0 spiro atoms. The second-order valence-corrected chi connectivity index (χ2v) is 18.5. The first kappa shape index (κ1) is 44.1. The minimum Gasteiger partial charge on any atom is -0.507 e. The number of hydrogen-bond acceptors (Lipinski definition) is 4. The molecular weight excluding hydrogens is 877 g/mol. The summed E-state index contributed by atoms with van der Waals surface area (Å²) in [6, 6.07) is 78.1. The van der Waals surface area contributed by atoms with Crippen molar-refractivity contribution in [2.75, 3.05) is 0 Å². The van der Waals surface area contributed by atoms with Gasteiger partial charge in [-0.1, -0.05) is 231 Å². The Labute approximate surface area is 419 Å². The highest BCUT2D eigenvalue weighted by Gasteiger charge is 2.27. The first-order valence-electron chi connectivity index (χ1n) is 24.7. The van der Waals surface area contributed by atoms with Gasteiger partial charge in [0.25, 0.3) is 0 Å². The number of aliphatic imine (C=N–C) groups is 2. The van der Waals surface area contributed by atoms with Crippen molar-refractivity contribution < 1.29 is 10.2 Å². The second kappa shape index (κ2) is 19.3. The van der Waals surface area contributed by atoms with Crippen LogP contribution in [0.1, 0.15) is 45.5 Å². The van der Waals surface area contributed by atoms with Gasteiger partial charge in [-0.05, 0) is 107 Å². The summed E-state index contributed by atoms with van der Waals surface area (Å²) in [4.78, 5) is 10.9. The van der Waals surface area contributed by atoms with Crippen molar-refractivity contribution in [1.29, 1.82) is 0 Å². The van der Waals surface area contributed by atoms with Crippen LogP contribution in [-0.4, -0.2) is 22.6 Å². The van der Waals surface area contributed by atoms with Gasteiger partial charge in [-0.15, -0.1) is 0 Å². The molecule has 11 aromatic rings. The Bertz CT molecular complexity index is 3880. The van der Waals surface area contributed by atoms with Crippen molar-refractivity contribution in [3.05, 3.63) is 276 Å². The van der Waals surface area contributed by atoms with E-state index in [1.165, 1.54) is 11.1 Å². The summed E-state index contributed by atoms with van der Waals surface area (Å²) in [5.74, 6) is 0.334. The van der Waals surface area contributed by atoms with Crippen LogP contribution in [0.4, 0.5) is 0 Å². The van der Waals surface area contributed by atoms with E-state index >= 15 is 0 Å². The first-order valence-corrected chi connectivity index (χ1v) is 24.7. The SMILES string of the molecule is Oc1c(C=NC(c2ccccc2)C(N=Cc2cc3ccccc3c(-c3c(-c4ccccc4)ccc4ccccc34)c2O)c2ccccc2)cc2ccccc2c1-c1c(-c2ccccc2)ccc2c1CC=CC2. The zero-order valence-electron chi connectivity index (χ0n) is 39.6. The van der Waals surface area contributed by atoms with Crippen LogP contribution in [0, 0.1) is 0 Å². The summed E-state index contributed by atoms with van der Waals surface area (Å²) >= 11 is 0. The Morgan fingerprint density at radius 3 is 1.29 bits per heavy atom. The number of benzene rings is 11. The van der Waals surface area contributed by atoms with Gasteiger partial charge in [0.2, 0.25) is 0 Å². The minimum atomic E-state index is -0.531. The predicted octanol–water partition coefficient (Wildman–Crippen LogP) is 16.9. The zero-order valence-corrected chi connectivity index (χ0v) is 39.6. The van der Waals surface area contributed by atoms with Crippen LogP contribution in [0.15, 0.2) is 253 Å². The van der Waals surface area contributed by atoms with Gasteiger partial charge in [-0.25, -0.2) is 0 Å². The maximum absolute atomic E-state index is 12.8. The lowest BCUT2D eigenvalue weighted by Gasteiger charge is -2.24. The Morgan fingerprint density at radius 2 is 0.764 bits per heavy atom. The van der Waals surface area contributed by atoms with E-state index in [0.29, 0.717) is 11.1 Å². The highest BCUT2D eigenvalue weighted by Crippen LogP contribution is 2.49. The maximum atomic E-state index is 12.8. The number of rotatable bonds is 11. The molecule has 2 unspecified atom stereocenters. The lowest BCUT2D eigenvalue weighted by atomic mass is 9.81. The van der Waals surface area contributed by atoms with Crippen LogP contribution in [0.3, 0.4) is 0 Å². The predicted molar refractivity (Wildman–Crippen MR) is 301 cm³/mol. The third kappa shape index (κ3) is 8.23. The van der Waals surface area contributed by atoms with E-state index in [1.54, 1.807) is 0 Å². The van der Waals surface area contributed by atoms with Crippen LogP contribution in [0.25, 0.3) is 76.8 Å². The topological polar surface area (TPSA) is 65.2 Å². The Kier molecular flexibility index (Phi) is 11.9. The number of phenols is 2. The molecule has 344 valence electrons. The molecule has 0 saturated carbocycles. The smallest absolute Gasteiger partial charge is 0.132 e. The van der Waals surface area contributed by atoms with Crippen molar-refractivity contribution in [2.45, 2.75) is 24.9 Å². The van der Waals surface area contributed by atoms with Crippen LogP contribution < -0.4 is 0 Å². The summed E-state index contributed by atoms with van der Waals surface area (Å²) in [7, 11) is 0. The molecule has 11 aromatic carbocycles. The maximum Gasteiger partial charge on any atom is 0.132 e. The molecule has 1 aliphatic rings. The number of phenolic OH excluding ortho intramolecular Hbond substituents is 2. The third-order valence-electron chi connectivity index (χ3n) is 14.3. The third-order valence-corrected chi connectivity index (χ3v) is 14.3. The summed E-state index contributed by atoms with van der Waals surface area (Å²) in [6.45, 7) is 0. The molecule has 0 aliphatic heterocycles. The summed E-state index contributed by atoms with van der Waals surface area (Å²) in [6.07, 6.45) is 9.75. The van der Waals surface area contributed by atoms with Crippen molar-refractivity contribution in [1.82, 2.24) is 0 Å². The number of aromatic hydroxyl groups is 2. The van der Waals surface area contributed by atoms with E-state index in [0.717, 1.165) is 101 Å². The van der Waals surface area contributed by atoms with Crippen LogP contribution in [0.2, 0.25) is 0 Å². The fourth-order valence-electron chi connectivity index (χ4n) is 10.8. The molecule has 0 saturated heterocycles. The van der Waals surface area contributed by atoms with Crippen molar-refractivity contribution in [3.63, 3.8) is 0 Å². The van der Waals surface area contributed by atoms with Gasteiger partial charge in [0.05, 0.1) is 0 Å². The lowest BCUT2D eigenvalue weighted by molar-refractivity contribution is 0.476. The van der Waals surface area contributed by atoms with Crippen molar-refractivity contribution >= 4 is 44.7 Å². The largest absolute Gasteiger partial charge is 0.507 e. The molecule has 2 N–H and O–H groups in total. The number of fused-ring (bicyclic) bond motifs is 4. The Morgan fingerprint density at radius 1 is 0.361 bits per heavy atom. The van der Waals surface area contributed by atoms with Crippen molar-refractivity contribution in [3.8, 4) is 56.0 Å². The molecule has 0 amide bonds. The fourth-order valence-corrected chi connectivity index (χ4v) is 10.8. The van der Waals surface area contributed by atoms with Gasteiger partial charge in [-0.3, -0.25) is 9.98 Å². The van der Waals surface area contributed by atoms with E-state index in [9.17, 15) is 10.2 Å². The minimum absolute atomic E-state index is 0.152. The molecule has 0 aromatic heterocycles. The number of hydrogen-bond donors (Lipinski definition) is 2. The van der Waals surface area contributed by atoms with Gasteiger partial charge in [-0.2, -0.15) is 0 Å². The van der Waals surface area contributed by atoms with E-state index in [-0.39, 0.29) is 11.5 Å². The zero-order chi connectivity index (χ0) is 48.4. The average Bonchev–Trinajstić information content (AvgIpc) is 3.44. The van der Waals surface area contributed by atoms with Crippen LogP contribution in [-0.2, 0) is 12.8 Å². The quantitative estimate of drug-likeness (QED) is 0.100. The highest BCUT2D eigenvalue weighted by molar-refractivity contribution is 6.15. The summed E-state index contributed by atoms with van der Waals surface area (Å²) in [5.41, 5.74) is 13.5. The molecule has 0 radical (unpaired) electrons. The molecule has 0 bridgehead atoms. The molecule has 2 atom stereocenters. The lowest BCUT2D eigenvalue weighted by Crippen LogP contribution is -2.09. The molecule has 12 rings (SSSR count). The van der Waals surface area contributed by atoms with Gasteiger partial charge < -0.3 is 10.2 Å². The molecule has 4 heteroatoms. The molecule has 4 nitrogen and oxygen atoms in total. The Hall–Kier alpha value is -9.12. The monoisotopic (exact) mass is 926 g/mol. The normalized spacial score (nSPS) is 13.3. The second-order valence-electron chi connectivity index (χ2n) is 18.5. The Balaban J connectivity index is 1.03. The fraction of sp³-hybridized carbons (Fsp3) is 0.0588. The number of nitrogens with zero attached hydrogens (tertiary/aromatic N) is 2. The van der Waals surface area contributed by atoms with Gasteiger partial charge in [0.1, 0.15) is 23.6 Å². The molecule has 1 aliphatic carbocycles. The standard InChI is InChI=1S/C68H50N2O2/c71-67-53(41-51-31-15-19-35-57(51)63(67)61-55-33-17-13-25-47(55)37-39-59(61)45-21-5-1-6-22-45)43-69-65(49-27-9-3-10-28-49)66(50-29-11-4-12-30-50)70-44-54-42-52-32-16-20-36-58(52)64(68(54)72)62-56-34-18-14-26-48(56)38-40-60(62)46-23-7-2-8-24-46/h1-25,27-33,35-44,65-66,71-72H,26,34H2. The van der Waals surface area contributed by atoms with Crippen molar-refractivity contribution in [2.24, 2.45) is 9.98 Å². The van der Waals surface area contributed by atoms with E-state index in [4.69, 9.17) is 9.98 Å². The van der Waals surface area contributed by atoms with Gasteiger partial charge in [0.15, 0.2) is 0 Å². The van der Waals surface area contributed by atoms with Crippen LogP contribution >= 0.6 is 0 Å². The highest BCUT2D eigenvalue weighted by atomic mass is 16.3. The molecule has 72 heavy (non-hydrogen) atoms. The summed E-state index contributed by atoms with van der Waals surface area (Å²) in [5, 5.41) is 31.7. The molecular formula is C68H50N2O2. The van der Waals surface area contributed by atoms with Gasteiger partial charge >= 0.3 is 0 Å². The average molecular weight is 927 g/mol. The van der Waals surface area contributed by atoms with Crippen LogP contribution in [0.5, 0.6) is 11.5 Å². The summed E-state index contributed by atoms with van der Waals surface area (Å²) < 4.78 is 0. The van der Waals surface area contributed by atoms with E-state index in [2.05, 4.69) is 164 Å². The molecule has 0 fully saturated rings. The van der Waals surface area contributed by atoms with Gasteiger partial charge in [0, 0.05) is 40.2 Å². The van der Waals surface area contributed by atoms with E-state index in [1.807, 2.05) is 91.3 Å². The first-order chi connectivity index (χ1) is 35.6. The number of allylic oxidation sites excluding steroid dienone is 2. The van der Waals surface area contributed by atoms with E-state index < -0.39 is 12.1 Å².